The van der Waals surface area contributed by atoms with Crippen molar-refractivity contribution >= 4 is 29.4 Å². The van der Waals surface area contributed by atoms with Crippen LogP contribution in [0.3, 0.4) is 0 Å². The fraction of sp³-hybridized carbons (Fsp3) is 0.190. The van der Waals surface area contributed by atoms with Gasteiger partial charge >= 0.3 is 5.97 Å². The summed E-state index contributed by atoms with van der Waals surface area (Å²) in [4.78, 5) is 24.0. The fourth-order valence-electron chi connectivity index (χ4n) is 2.72. The van der Waals surface area contributed by atoms with Crippen LogP contribution in [0.5, 0.6) is 11.5 Å². The lowest BCUT2D eigenvalue weighted by molar-refractivity contribution is -0.132. The van der Waals surface area contributed by atoms with E-state index in [2.05, 4.69) is 5.10 Å². The number of benzene rings is 2. The summed E-state index contributed by atoms with van der Waals surface area (Å²) in [5, 5.41) is 5.75. The number of amides is 1. The lowest BCUT2D eigenvalue weighted by Crippen LogP contribution is -2.21. The van der Waals surface area contributed by atoms with E-state index in [9.17, 15) is 9.59 Å². The second-order valence-electron chi connectivity index (χ2n) is 5.93. The van der Waals surface area contributed by atoms with Crippen LogP contribution in [0.15, 0.2) is 59.2 Å². The molecule has 0 aliphatic carbocycles. The van der Waals surface area contributed by atoms with Gasteiger partial charge in [0.2, 0.25) is 0 Å². The number of carbonyl (C=O) groups excluding carboxylic acids is 2. The molecule has 0 aromatic heterocycles. The third kappa shape index (κ3) is 4.06. The number of hydrogen-bond acceptors (Lipinski definition) is 5. The molecule has 1 heterocycles. The van der Waals surface area contributed by atoms with Gasteiger partial charge in [0, 0.05) is 6.92 Å². The van der Waals surface area contributed by atoms with Crippen LogP contribution in [0, 0.1) is 0 Å². The number of carbonyl (C=O) groups is 2. The molecule has 1 aliphatic heterocycles. The Balaban J connectivity index is 1.92. The molecule has 0 radical (unpaired) electrons. The van der Waals surface area contributed by atoms with E-state index in [0.29, 0.717) is 35.1 Å². The van der Waals surface area contributed by atoms with Crippen LogP contribution < -0.4 is 14.5 Å². The Morgan fingerprint density at radius 3 is 2.56 bits per heavy atom. The number of para-hydroxylation sites is 1. The first kappa shape index (κ1) is 18.4. The van der Waals surface area contributed by atoms with Gasteiger partial charge in [-0.25, -0.2) is 0 Å². The number of ether oxygens (including phenoxy) is 2. The maximum Gasteiger partial charge on any atom is 0.308 e. The van der Waals surface area contributed by atoms with E-state index >= 15 is 0 Å². The zero-order chi connectivity index (χ0) is 19.4. The van der Waals surface area contributed by atoms with Crippen LogP contribution in [0.1, 0.15) is 26.3 Å². The molecule has 0 atom stereocenters. The van der Waals surface area contributed by atoms with E-state index in [1.165, 1.54) is 11.9 Å². The van der Waals surface area contributed by atoms with Gasteiger partial charge in [-0.1, -0.05) is 24.3 Å². The molecule has 6 heteroatoms. The van der Waals surface area contributed by atoms with E-state index in [0.717, 1.165) is 5.56 Å². The van der Waals surface area contributed by atoms with E-state index in [4.69, 9.17) is 9.47 Å². The molecular formula is C21H20N2O4. The topological polar surface area (TPSA) is 68.2 Å². The molecule has 2 aromatic rings. The monoisotopic (exact) mass is 364 g/mol. The highest BCUT2D eigenvalue weighted by Crippen LogP contribution is 2.31. The first-order valence-corrected chi connectivity index (χ1v) is 8.61. The van der Waals surface area contributed by atoms with Crippen molar-refractivity contribution in [2.24, 2.45) is 5.10 Å². The van der Waals surface area contributed by atoms with Crippen molar-refractivity contribution in [3.63, 3.8) is 0 Å². The maximum atomic E-state index is 12.8. The normalized spacial score (nSPS) is 15.1. The van der Waals surface area contributed by atoms with Crippen LogP contribution in [0.25, 0.3) is 6.08 Å². The first-order chi connectivity index (χ1) is 13.0. The summed E-state index contributed by atoms with van der Waals surface area (Å²) in [5.74, 6) is 0.179. The van der Waals surface area contributed by atoms with Gasteiger partial charge in [-0.15, -0.1) is 0 Å². The van der Waals surface area contributed by atoms with Crippen molar-refractivity contribution in [3.8, 4) is 11.5 Å². The maximum absolute atomic E-state index is 12.8. The van der Waals surface area contributed by atoms with E-state index < -0.39 is 5.97 Å². The van der Waals surface area contributed by atoms with Gasteiger partial charge in [-0.05, 0) is 49.8 Å². The predicted molar refractivity (Wildman–Crippen MR) is 104 cm³/mol. The largest absolute Gasteiger partial charge is 0.490 e. The van der Waals surface area contributed by atoms with Crippen LogP contribution in [0.2, 0.25) is 0 Å². The minimum atomic E-state index is -0.422. The number of esters is 1. The van der Waals surface area contributed by atoms with Crippen molar-refractivity contribution in [1.29, 1.82) is 0 Å². The van der Waals surface area contributed by atoms with Crippen LogP contribution in [-0.4, -0.2) is 24.2 Å². The zero-order valence-corrected chi connectivity index (χ0v) is 15.4. The molecule has 0 N–H and O–H groups in total. The van der Waals surface area contributed by atoms with Gasteiger partial charge < -0.3 is 9.47 Å². The lowest BCUT2D eigenvalue weighted by atomic mass is 10.1. The van der Waals surface area contributed by atoms with Crippen molar-refractivity contribution < 1.29 is 19.1 Å². The second kappa shape index (κ2) is 7.86. The summed E-state index contributed by atoms with van der Waals surface area (Å²) >= 11 is 0. The van der Waals surface area contributed by atoms with Crippen LogP contribution in [0.4, 0.5) is 5.69 Å². The highest BCUT2D eigenvalue weighted by Gasteiger charge is 2.28. The molecule has 0 saturated heterocycles. The van der Waals surface area contributed by atoms with Crippen molar-refractivity contribution in [1.82, 2.24) is 0 Å². The standard InChI is InChI=1S/C21H20N2O4/c1-4-26-20-13-16(10-11-19(20)27-15(3)24)12-18-14(2)22-23(21(18)25)17-8-6-5-7-9-17/h5-13H,4H2,1-3H3. The van der Waals surface area contributed by atoms with Crippen molar-refractivity contribution in [2.75, 3.05) is 11.6 Å². The molecule has 138 valence electrons. The average molecular weight is 364 g/mol. The summed E-state index contributed by atoms with van der Waals surface area (Å²) < 4.78 is 10.7. The van der Waals surface area contributed by atoms with E-state index in [1.807, 2.05) is 37.3 Å². The molecule has 1 aliphatic rings. The van der Waals surface area contributed by atoms with Gasteiger partial charge in [-0.2, -0.15) is 10.1 Å². The van der Waals surface area contributed by atoms with E-state index in [-0.39, 0.29) is 5.91 Å². The molecule has 0 spiro atoms. The fourth-order valence-corrected chi connectivity index (χ4v) is 2.72. The zero-order valence-electron chi connectivity index (χ0n) is 15.4. The third-order valence-electron chi connectivity index (χ3n) is 3.90. The lowest BCUT2D eigenvalue weighted by Gasteiger charge is -2.12. The minimum Gasteiger partial charge on any atom is -0.490 e. The smallest absolute Gasteiger partial charge is 0.308 e. The first-order valence-electron chi connectivity index (χ1n) is 8.61. The minimum absolute atomic E-state index is 0.194. The Morgan fingerprint density at radius 2 is 1.89 bits per heavy atom. The van der Waals surface area contributed by atoms with Gasteiger partial charge in [0.15, 0.2) is 11.5 Å². The Kier molecular flexibility index (Phi) is 5.35. The number of anilines is 1. The van der Waals surface area contributed by atoms with Crippen molar-refractivity contribution in [2.45, 2.75) is 20.8 Å². The SMILES string of the molecule is CCOc1cc(C=C2C(=O)N(c3ccccc3)N=C2C)ccc1OC(C)=O. The van der Waals surface area contributed by atoms with Gasteiger partial charge in [0.1, 0.15) is 0 Å². The molecule has 6 nitrogen and oxygen atoms in total. The molecule has 0 fully saturated rings. The molecule has 27 heavy (non-hydrogen) atoms. The summed E-state index contributed by atoms with van der Waals surface area (Å²) in [6, 6.07) is 14.4. The number of nitrogens with zero attached hydrogens (tertiary/aromatic N) is 2. The number of hydrogen-bond donors (Lipinski definition) is 0. The average Bonchev–Trinajstić information content (AvgIpc) is 2.92. The molecule has 2 aromatic carbocycles. The summed E-state index contributed by atoms with van der Waals surface area (Å²) in [5.41, 5.74) is 2.60. The quantitative estimate of drug-likeness (QED) is 0.459. The molecule has 0 unspecified atom stereocenters. The summed E-state index contributed by atoms with van der Waals surface area (Å²) in [7, 11) is 0. The second-order valence-corrected chi connectivity index (χ2v) is 5.93. The van der Waals surface area contributed by atoms with Gasteiger partial charge in [0.05, 0.1) is 23.6 Å². The molecule has 1 amide bonds. The van der Waals surface area contributed by atoms with Gasteiger partial charge in [-0.3, -0.25) is 9.59 Å². The highest BCUT2D eigenvalue weighted by molar-refractivity contribution is 6.32. The van der Waals surface area contributed by atoms with Crippen molar-refractivity contribution in [3.05, 3.63) is 59.7 Å². The summed E-state index contributed by atoms with van der Waals surface area (Å²) in [6.07, 6.45) is 1.75. The van der Waals surface area contributed by atoms with E-state index in [1.54, 1.807) is 31.2 Å². The Hall–Kier alpha value is -3.41. The molecule has 3 rings (SSSR count). The highest BCUT2D eigenvalue weighted by atomic mass is 16.6. The van der Waals surface area contributed by atoms with Gasteiger partial charge in [0.25, 0.3) is 5.91 Å². The molecule has 0 saturated carbocycles. The molecule has 0 bridgehead atoms. The van der Waals surface area contributed by atoms with Crippen LogP contribution >= 0.6 is 0 Å². The third-order valence-corrected chi connectivity index (χ3v) is 3.90. The Bertz CT molecular complexity index is 932. The molecular weight excluding hydrogens is 344 g/mol. The number of rotatable bonds is 5. The van der Waals surface area contributed by atoms with Crippen LogP contribution in [-0.2, 0) is 9.59 Å². The summed E-state index contributed by atoms with van der Waals surface area (Å²) in [6.45, 7) is 5.40. The Morgan fingerprint density at radius 1 is 1.15 bits per heavy atom. The number of hydrazone groups is 1. The Labute approximate surface area is 157 Å². The predicted octanol–water partition coefficient (Wildman–Crippen LogP) is 3.82.